The second kappa shape index (κ2) is 5.70. The van der Waals surface area contributed by atoms with Crippen molar-refractivity contribution in [1.82, 2.24) is 5.32 Å². The molecule has 1 aromatic rings. The molecular formula is C14H20N2O. The van der Waals surface area contributed by atoms with Gasteiger partial charge in [0.1, 0.15) is 5.75 Å². The first kappa shape index (κ1) is 13.5. The van der Waals surface area contributed by atoms with Crippen LogP contribution < -0.4 is 10.1 Å². The van der Waals surface area contributed by atoms with E-state index in [1.807, 2.05) is 52.1 Å². The van der Waals surface area contributed by atoms with Gasteiger partial charge in [0, 0.05) is 0 Å². The first-order valence-corrected chi connectivity index (χ1v) is 5.86. The maximum atomic E-state index is 9.18. The summed E-state index contributed by atoms with van der Waals surface area (Å²) in [7, 11) is 1.88. The summed E-state index contributed by atoms with van der Waals surface area (Å²) in [6.07, 6.45) is 0. The second-order valence-corrected chi connectivity index (χ2v) is 4.56. The lowest BCUT2D eigenvalue weighted by molar-refractivity contribution is 0.335. The minimum Gasteiger partial charge on any atom is -0.494 e. The molecule has 1 aromatic carbocycles. The van der Waals surface area contributed by atoms with Gasteiger partial charge in [-0.1, -0.05) is 12.1 Å². The first-order chi connectivity index (χ1) is 8.05. The van der Waals surface area contributed by atoms with Gasteiger partial charge in [-0.2, -0.15) is 5.26 Å². The zero-order valence-electron chi connectivity index (χ0n) is 10.9. The minimum absolute atomic E-state index is 0.0168. The maximum Gasteiger partial charge on any atom is 0.119 e. The molecule has 0 aliphatic heterocycles. The molecule has 0 aliphatic carbocycles. The Labute approximate surface area is 103 Å². The molecule has 1 atom stereocenters. The van der Waals surface area contributed by atoms with E-state index in [1.54, 1.807) is 0 Å². The number of hydrogen-bond donors (Lipinski definition) is 1. The SMILES string of the molecule is CCOc1ccc(C(NC)C(C)(C)C#N)cc1. The molecule has 92 valence electrons. The predicted octanol–water partition coefficient (Wildman–Crippen LogP) is 2.90. The van der Waals surface area contributed by atoms with Gasteiger partial charge < -0.3 is 10.1 Å². The van der Waals surface area contributed by atoms with Crippen LogP contribution in [0.25, 0.3) is 0 Å². The smallest absolute Gasteiger partial charge is 0.119 e. The van der Waals surface area contributed by atoms with Crippen LogP contribution in [0.2, 0.25) is 0 Å². The van der Waals surface area contributed by atoms with Crippen molar-refractivity contribution >= 4 is 0 Å². The van der Waals surface area contributed by atoms with Crippen LogP contribution in [0.15, 0.2) is 24.3 Å². The number of nitrogens with zero attached hydrogens (tertiary/aromatic N) is 1. The molecule has 1 rings (SSSR count). The fraction of sp³-hybridized carbons (Fsp3) is 0.500. The lowest BCUT2D eigenvalue weighted by Crippen LogP contribution is -2.30. The molecule has 1 unspecified atom stereocenters. The van der Waals surface area contributed by atoms with E-state index in [4.69, 9.17) is 4.74 Å². The molecule has 3 nitrogen and oxygen atoms in total. The predicted molar refractivity (Wildman–Crippen MR) is 68.8 cm³/mol. The van der Waals surface area contributed by atoms with Crippen LogP contribution in [-0.2, 0) is 0 Å². The van der Waals surface area contributed by atoms with Gasteiger partial charge in [0.2, 0.25) is 0 Å². The molecule has 3 heteroatoms. The lowest BCUT2D eigenvalue weighted by Gasteiger charge is -2.28. The number of nitriles is 1. The molecule has 0 aliphatic rings. The number of nitrogens with one attached hydrogen (secondary N) is 1. The van der Waals surface area contributed by atoms with Crippen LogP contribution in [0.4, 0.5) is 0 Å². The van der Waals surface area contributed by atoms with Gasteiger partial charge in [-0.15, -0.1) is 0 Å². The van der Waals surface area contributed by atoms with E-state index in [9.17, 15) is 5.26 Å². The van der Waals surface area contributed by atoms with Gasteiger partial charge in [-0.05, 0) is 45.5 Å². The normalized spacial score (nSPS) is 12.9. The van der Waals surface area contributed by atoms with Crippen LogP contribution >= 0.6 is 0 Å². The Balaban J connectivity index is 2.95. The van der Waals surface area contributed by atoms with Crippen molar-refractivity contribution in [2.24, 2.45) is 5.41 Å². The van der Waals surface area contributed by atoms with Crippen molar-refractivity contribution in [2.45, 2.75) is 26.8 Å². The molecule has 0 saturated heterocycles. The molecule has 0 spiro atoms. The van der Waals surface area contributed by atoms with Gasteiger partial charge in [0.15, 0.2) is 0 Å². The van der Waals surface area contributed by atoms with Crippen LogP contribution in [-0.4, -0.2) is 13.7 Å². The molecule has 0 heterocycles. The Morgan fingerprint density at radius 3 is 2.35 bits per heavy atom. The highest BCUT2D eigenvalue weighted by atomic mass is 16.5. The summed E-state index contributed by atoms with van der Waals surface area (Å²) in [5.41, 5.74) is 0.657. The zero-order valence-corrected chi connectivity index (χ0v) is 10.9. The third-order valence-electron chi connectivity index (χ3n) is 2.82. The quantitative estimate of drug-likeness (QED) is 0.849. The molecule has 0 amide bonds. The molecule has 0 saturated carbocycles. The van der Waals surface area contributed by atoms with Gasteiger partial charge >= 0.3 is 0 Å². The molecule has 0 aromatic heterocycles. The number of ether oxygens (including phenoxy) is 1. The van der Waals surface area contributed by atoms with Crippen molar-refractivity contribution in [3.8, 4) is 11.8 Å². The fourth-order valence-corrected chi connectivity index (χ4v) is 1.93. The minimum atomic E-state index is -0.443. The third-order valence-corrected chi connectivity index (χ3v) is 2.82. The first-order valence-electron chi connectivity index (χ1n) is 5.86. The van der Waals surface area contributed by atoms with Crippen LogP contribution in [0.5, 0.6) is 5.75 Å². The molecule has 0 bridgehead atoms. The Kier molecular flexibility index (Phi) is 4.53. The topological polar surface area (TPSA) is 45.0 Å². The van der Waals surface area contributed by atoms with Crippen molar-refractivity contribution in [3.63, 3.8) is 0 Å². The monoisotopic (exact) mass is 232 g/mol. The largest absolute Gasteiger partial charge is 0.494 e. The highest BCUT2D eigenvalue weighted by molar-refractivity contribution is 5.31. The van der Waals surface area contributed by atoms with E-state index in [1.165, 1.54) is 0 Å². The van der Waals surface area contributed by atoms with Gasteiger partial charge in [0.25, 0.3) is 0 Å². The maximum absolute atomic E-state index is 9.18. The Morgan fingerprint density at radius 1 is 1.35 bits per heavy atom. The Hall–Kier alpha value is -1.53. The summed E-state index contributed by atoms with van der Waals surface area (Å²) < 4.78 is 5.40. The van der Waals surface area contributed by atoms with Crippen molar-refractivity contribution in [2.75, 3.05) is 13.7 Å². The van der Waals surface area contributed by atoms with Gasteiger partial charge in [-0.25, -0.2) is 0 Å². The van der Waals surface area contributed by atoms with Gasteiger partial charge in [-0.3, -0.25) is 0 Å². The number of hydrogen-bond acceptors (Lipinski definition) is 3. The zero-order chi connectivity index (χ0) is 12.9. The van der Waals surface area contributed by atoms with E-state index in [0.717, 1.165) is 11.3 Å². The van der Waals surface area contributed by atoms with E-state index in [0.29, 0.717) is 6.61 Å². The third kappa shape index (κ3) is 3.21. The summed E-state index contributed by atoms with van der Waals surface area (Å²) in [5.74, 6) is 0.862. The van der Waals surface area contributed by atoms with E-state index >= 15 is 0 Å². The summed E-state index contributed by atoms with van der Waals surface area (Å²) in [6.45, 7) is 6.50. The lowest BCUT2D eigenvalue weighted by atomic mass is 9.82. The molecule has 0 fully saturated rings. The van der Waals surface area contributed by atoms with Crippen molar-refractivity contribution in [1.29, 1.82) is 5.26 Å². The number of rotatable bonds is 5. The summed E-state index contributed by atoms with van der Waals surface area (Å²) >= 11 is 0. The average Bonchev–Trinajstić information content (AvgIpc) is 2.32. The summed E-state index contributed by atoms with van der Waals surface area (Å²) in [4.78, 5) is 0. The Bertz CT molecular complexity index is 390. The number of benzene rings is 1. The molecule has 17 heavy (non-hydrogen) atoms. The van der Waals surface area contributed by atoms with Crippen LogP contribution in [0, 0.1) is 16.7 Å². The van der Waals surface area contributed by atoms with Crippen LogP contribution in [0.3, 0.4) is 0 Å². The Morgan fingerprint density at radius 2 is 1.94 bits per heavy atom. The highest BCUT2D eigenvalue weighted by Crippen LogP contribution is 2.32. The average molecular weight is 232 g/mol. The fourth-order valence-electron chi connectivity index (χ4n) is 1.93. The van der Waals surface area contributed by atoms with Crippen molar-refractivity contribution in [3.05, 3.63) is 29.8 Å². The molecular weight excluding hydrogens is 212 g/mol. The van der Waals surface area contributed by atoms with E-state index in [-0.39, 0.29) is 6.04 Å². The van der Waals surface area contributed by atoms with Crippen molar-refractivity contribution < 1.29 is 4.74 Å². The summed E-state index contributed by atoms with van der Waals surface area (Å²) in [6, 6.07) is 10.2. The van der Waals surface area contributed by atoms with Crippen LogP contribution in [0.1, 0.15) is 32.4 Å². The molecule has 0 radical (unpaired) electrons. The highest BCUT2D eigenvalue weighted by Gasteiger charge is 2.29. The second-order valence-electron chi connectivity index (χ2n) is 4.56. The van der Waals surface area contributed by atoms with E-state index in [2.05, 4.69) is 11.4 Å². The summed E-state index contributed by atoms with van der Waals surface area (Å²) in [5, 5.41) is 12.4. The standard InChI is InChI=1S/C14H20N2O/c1-5-17-12-8-6-11(7-9-12)13(16-4)14(2,3)10-15/h6-9,13,16H,5H2,1-4H3. The van der Waals surface area contributed by atoms with Gasteiger partial charge in [0.05, 0.1) is 24.1 Å². The molecule has 1 N–H and O–H groups in total. The van der Waals surface area contributed by atoms with E-state index < -0.39 is 5.41 Å².